The number of hydrogen-bond acceptors (Lipinski definition) is 5. The molecule has 0 bridgehead atoms. The summed E-state index contributed by atoms with van der Waals surface area (Å²) >= 11 is 5.31. The molecule has 0 fully saturated rings. The summed E-state index contributed by atoms with van der Waals surface area (Å²) in [5.74, 6) is 0.336. The lowest BCUT2D eigenvalue weighted by atomic mass is 10.2. The van der Waals surface area contributed by atoms with Gasteiger partial charge in [0.15, 0.2) is 5.11 Å². The average molecular weight is 383 g/mol. The Balaban J connectivity index is 1.63. The quantitative estimate of drug-likeness (QED) is 0.381. The number of rotatable bonds is 6. The molecule has 0 saturated carbocycles. The lowest BCUT2D eigenvalue weighted by molar-refractivity contribution is -0.384. The molecule has 8 nitrogen and oxygen atoms in total. The van der Waals surface area contributed by atoms with Crippen LogP contribution in [0.25, 0.3) is 0 Å². The Morgan fingerprint density at radius 1 is 1.26 bits per heavy atom. The zero-order chi connectivity index (χ0) is 19.2. The Bertz CT molecular complexity index is 942. The van der Waals surface area contributed by atoms with E-state index in [2.05, 4.69) is 15.7 Å². The third kappa shape index (κ3) is 4.79. The number of hydrogen-bond donors (Lipinski definition) is 2. The number of aromatic nitrogens is 2. The highest BCUT2D eigenvalue weighted by Gasteiger charge is 2.12. The largest absolute Gasteiger partial charge is 0.494 e. The average Bonchev–Trinajstić information content (AvgIpc) is 3.16. The van der Waals surface area contributed by atoms with Crippen molar-refractivity contribution in [3.05, 3.63) is 76.6 Å². The fourth-order valence-electron chi connectivity index (χ4n) is 2.46. The van der Waals surface area contributed by atoms with Crippen LogP contribution in [0.1, 0.15) is 5.56 Å². The maximum atomic E-state index is 10.9. The molecule has 0 aliphatic carbocycles. The first kappa shape index (κ1) is 18.3. The second-order valence-corrected chi connectivity index (χ2v) is 6.03. The molecule has 0 amide bonds. The molecule has 138 valence electrons. The fraction of sp³-hybridized carbons (Fsp3) is 0.111. The number of benzene rings is 2. The van der Waals surface area contributed by atoms with E-state index in [9.17, 15) is 10.1 Å². The summed E-state index contributed by atoms with van der Waals surface area (Å²) in [5, 5.41) is 21.4. The predicted molar refractivity (Wildman–Crippen MR) is 107 cm³/mol. The van der Waals surface area contributed by atoms with Gasteiger partial charge in [0.05, 0.1) is 30.3 Å². The van der Waals surface area contributed by atoms with E-state index in [-0.39, 0.29) is 5.69 Å². The second kappa shape index (κ2) is 8.28. The zero-order valence-corrected chi connectivity index (χ0v) is 15.3. The number of nitrogens with zero attached hydrogens (tertiary/aromatic N) is 3. The minimum absolute atomic E-state index is 0.0518. The summed E-state index contributed by atoms with van der Waals surface area (Å²) in [6.07, 6.45) is 3.65. The number of methoxy groups -OCH3 is 1. The summed E-state index contributed by atoms with van der Waals surface area (Å²) in [4.78, 5) is 10.4. The third-order valence-electron chi connectivity index (χ3n) is 3.76. The van der Waals surface area contributed by atoms with Crippen LogP contribution in [0.2, 0.25) is 0 Å². The lowest BCUT2D eigenvalue weighted by Gasteiger charge is -2.13. The maximum Gasteiger partial charge on any atom is 0.273 e. The van der Waals surface area contributed by atoms with Gasteiger partial charge in [0.25, 0.3) is 5.69 Å². The van der Waals surface area contributed by atoms with Gasteiger partial charge in [-0.1, -0.05) is 12.1 Å². The van der Waals surface area contributed by atoms with Crippen molar-refractivity contribution in [1.29, 1.82) is 0 Å². The molecule has 0 atom stereocenters. The van der Waals surface area contributed by atoms with Crippen LogP contribution >= 0.6 is 12.2 Å². The number of thiocarbonyl (C=S) groups is 1. The Hall–Kier alpha value is -3.46. The SMILES string of the molecule is COc1cc([N+](=O)[O-])ccc1NC(=S)Nc1ccc(Cn2cccn2)cc1. The van der Waals surface area contributed by atoms with Crippen LogP contribution in [0, 0.1) is 10.1 Å². The normalized spacial score (nSPS) is 10.3. The standard InChI is InChI=1S/C18H17N5O3S/c1-26-17-11-15(23(24)25)7-8-16(17)21-18(27)20-14-5-3-13(4-6-14)12-22-10-2-9-19-22/h2-11H,12H2,1H3,(H2,20,21,27). The van der Waals surface area contributed by atoms with E-state index in [1.165, 1.54) is 19.2 Å². The van der Waals surface area contributed by atoms with Gasteiger partial charge < -0.3 is 15.4 Å². The van der Waals surface area contributed by atoms with Crippen LogP contribution < -0.4 is 15.4 Å². The number of anilines is 2. The molecular formula is C18H17N5O3S. The summed E-state index contributed by atoms with van der Waals surface area (Å²) < 4.78 is 7.03. The molecule has 3 aromatic rings. The van der Waals surface area contributed by atoms with Crippen LogP contribution in [0.15, 0.2) is 60.9 Å². The van der Waals surface area contributed by atoms with Gasteiger partial charge in [0.2, 0.25) is 0 Å². The van der Waals surface area contributed by atoms with Crippen molar-refractivity contribution in [3.63, 3.8) is 0 Å². The van der Waals surface area contributed by atoms with E-state index in [4.69, 9.17) is 17.0 Å². The summed E-state index contributed by atoms with van der Waals surface area (Å²) in [5.41, 5.74) is 2.41. The zero-order valence-electron chi connectivity index (χ0n) is 14.5. The van der Waals surface area contributed by atoms with Crippen molar-refractivity contribution < 1.29 is 9.66 Å². The van der Waals surface area contributed by atoms with Crippen molar-refractivity contribution >= 4 is 34.4 Å². The van der Waals surface area contributed by atoms with Crippen molar-refractivity contribution in [1.82, 2.24) is 9.78 Å². The van der Waals surface area contributed by atoms with Gasteiger partial charge in [-0.2, -0.15) is 5.10 Å². The maximum absolute atomic E-state index is 10.9. The van der Waals surface area contributed by atoms with Crippen molar-refractivity contribution in [3.8, 4) is 5.75 Å². The van der Waals surface area contributed by atoms with E-state index >= 15 is 0 Å². The molecule has 0 unspecified atom stereocenters. The summed E-state index contributed by atoms with van der Waals surface area (Å²) in [7, 11) is 1.44. The molecule has 27 heavy (non-hydrogen) atoms. The number of non-ortho nitro benzene ring substituents is 1. The van der Waals surface area contributed by atoms with Gasteiger partial charge in [0.1, 0.15) is 5.75 Å². The van der Waals surface area contributed by atoms with E-state index in [1.54, 1.807) is 12.3 Å². The first-order chi connectivity index (χ1) is 13.0. The molecule has 1 aromatic heterocycles. The number of nitrogens with one attached hydrogen (secondary N) is 2. The van der Waals surface area contributed by atoms with Crippen LogP contribution in [0.5, 0.6) is 5.75 Å². The minimum Gasteiger partial charge on any atom is -0.494 e. The van der Waals surface area contributed by atoms with E-state index < -0.39 is 4.92 Å². The first-order valence-electron chi connectivity index (χ1n) is 8.02. The van der Waals surface area contributed by atoms with E-state index in [0.717, 1.165) is 11.3 Å². The number of ether oxygens (including phenoxy) is 1. The molecule has 0 saturated heterocycles. The molecule has 3 rings (SSSR count). The van der Waals surface area contributed by atoms with Crippen molar-refractivity contribution in [2.75, 3.05) is 17.7 Å². The highest BCUT2D eigenvalue weighted by molar-refractivity contribution is 7.80. The van der Waals surface area contributed by atoms with E-state index in [0.29, 0.717) is 23.1 Å². The number of nitro groups is 1. The fourth-order valence-corrected chi connectivity index (χ4v) is 2.68. The second-order valence-electron chi connectivity index (χ2n) is 5.62. The topological polar surface area (TPSA) is 94.3 Å². The van der Waals surface area contributed by atoms with Gasteiger partial charge in [0, 0.05) is 24.1 Å². The van der Waals surface area contributed by atoms with Crippen molar-refractivity contribution in [2.24, 2.45) is 0 Å². The molecule has 1 heterocycles. The molecular weight excluding hydrogens is 366 g/mol. The lowest BCUT2D eigenvalue weighted by Crippen LogP contribution is -2.19. The number of nitro benzene ring substituents is 1. The van der Waals surface area contributed by atoms with Crippen LogP contribution in [-0.4, -0.2) is 26.9 Å². The highest BCUT2D eigenvalue weighted by atomic mass is 32.1. The monoisotopic (exact) mass is 383 g/mol. The molecule has 0 radical (unpaired) electrons. The van der Waals surface area contributed by atoms with Gasteiger partial charge in [-0.25, -0.2) is 0 Å². The van der Waals surface area contributed by atoms with Crippen LogP contribution in [-0.2, 0) is 6.54 Å². The molecule has 2 N–H and O–H groups in total. The molecule has 0 spiro atoms. The Kier molecular flexibility index (Phi) is 5.62. The molecule has 0 aliphatic heterocycles. The molecule has 9 heteroatoms. The van der Waals surface area contributed by atoms with Gasteiger partial charge >= 0.3 is 0 Å². The Morgan fingerprint density at radius 3 is 2.67 bits per heavy atom. The summed E-state index contributed by atoms with van der Waals surface area (Å²) in [6.45, 7) is 0.690. The molecule has 2 aromatic carbocycles. The third-order valence-corrected chi connectivity index (χ3v) is 3.96. The molecule has 0 aliphatic rings. The van der Waals surface area contributed by atoms with Gasteiger partial charge in [-0.3, -0.25) is 14.8 Å². The van der Waals surface area contributed by atoms with E-state index in [1.807, 2.05) is 41.2 Å². The highest BCUT2D eigenvalue weighted by Crippen LogP contribution is 2.29. The van der Waals surface area contributed by atoms with Crippen LogP contribution in [0.4, 0.5) is 17.1 Å². The minimum atomic E-state index is -0.478. The van der Waals surface area contributed by atoms with Gasteiger partial charge in [-0.05, 0) is 42.0 Å². The smallest absolute Gasteiger partial charge is 0.273 e. The van der Waals surface area contributed by atoms with Gasteiger partial charge in [-0.15, -0.1) is 0 Å². The first-order valence-corrected chi connectivity index (χ1v) is 8.43. The van der Waals surface area contributed by atoms with Crippen molar-refractivity contribution in [2.45, 2.75) is 6.54 Å². The predicted octanol–water partition coefficient (Wildman–Crippen LogP) is 3.66. The van der Waals surface area contributed by atoms with Crippen LogP contribution in [0.3, 0.4) is 0 Å². The Morgan fingerprint density at radius 2 is 2.04 bits per heavy atom. The Labute approximate surface area is 160 Å². The summed E-state index contributed by atoms with van der Waals surface area (Å²) in [6, 6.07) is 14.0.